The summed E-state index contributed by atoms with van der Waals surface area (Å²) in [4.78, 5) is 22.1. The zero-order valence-electron chi connectivity index (χ0n) is 8.99. The van der Waals surface area contributed by atoms with Gasteiger partial charge in [-0.1, -0.05) is 12.2 Å². The molecule has 0 saturated heterocycles. The number of hydrogen-bond donors (Lipinski definition) is 0. The van der Waals surface area contributed by atoms with E-state index in [2.05, 4.69) is 11.3 Å². The van der Waals surface area contributed by atoms with Crippen molar-refractivity contribution in [3.05, 3.63) is 24.8 Å². The molecule has 0 aliphatic heterocycles. The van der Waals surface area contributed by atoms with Gasteiger partial charge in [-0.3, -0.25) is 4.79 Å². The minimum absolute atomic E-state index is 0.268. The van der Waals surface area contributed by atoms with Gasteiger partial charge in [0.05, 0.1) is 7.11 Å². The molecule has 3 heteroatoms. The van der Waals surface area contributed by atoms with Crippen LogP contribution in [0.3, 0.4) is 0 Å². The van der Waals surface area contributed by atoms with E-state index in [1.54, 1.807) is 12.2 Å². The summed E-state index contributed by atoms with van der Waals surface area (Å²) in [5.74, 6) is -0.0912. The number of hydrogen-bond acceptors (Lipinski definition) is 3. The number of esters is 1. The second-order valence-electron chi connectivity index (χ2n) is 3.75. The summed E-state index contributed by atoms with van der Waals surface area (Å²) in [7, 11) is 1.34. The quantitative estimate of drug-likeness (QED) is 0.394. The molecule has 1 rings (SSSR count). The van der Waals surface area contributed by atoms with Gasteiger partial charge >= 0.3 is 5.97 Å². The third-order valence-electron chi connectivity index (χ3n) is 2.96. The highest BCUT2D eigenvalue weighted by atomic mass is 16.5. The zero-order valence-corrected chi connectivity index (χ0v) is 8.99. The molecule has 0 heterocycles. The molecule has 0 spiro atoms. The van der Waals surface area contributed by atoms with Crippen molar-refractivity contribution in [2.75, 3.05) is 7.11 Å². The molecule has 0 bridgehead atoms. The predicted octanol–water partition coefficient (Wildman–Crippen LogP) is 2.03. The molecule has 1 aliphatic carbocycles. The second-order valence-corrected chi connectivity index (χ2v) is 3.75. The monoisotopic (exact) mass is 208 g/mol. The number of rotatable bonds is 5. The van der Waals surface area contributed by atoms with E-state index in [1.807, 2.05) is 0 Å². The molecule has 0 aromatic carbocycles. The van der Waals surface area contributed by atoms with E-state index in [1.165, 1.54) is 13.2 Å². The van der Waals surface area contributed by atoms with Gasteiger partial charge in [0, 0.05) is 17.9 Å². The van der Waals surface area contributed by atoms with Crippen molar-refractivity contribution in [1.29, 1.82) is 0 Å². The molecule has 1 aliphatic rings. The summed E-state index contributed by atoms with van der Waals surface area (Å²) in [5, 5.41) is 0. The Morgan fingerprint density at radius 1 is 1.67 bits per heavy atom. The van der Waals surface area contributed by atoms with Gasteiger partial charge in [-0.2, -0.15) is 0 Å². The van der Waals surface area contributed by atoms with E-state index in [0.717, 1.165) is 12.8 Å². The molecule has 0 aromatic heterocycles. The summed E-state index contributed by atoms with van der Waals surface area (Å²) in [6.45, 7) is 3.70. The topological polar surface area (TPSA) is 43.4 Å². The maximum atomic E-state index is 11.4. The van der Waals surface area contributed by atoms with Crippen LogP contribution in [-0.4, -0.2) is 18.9 Å². The van der Waals surface area contributed by atoms with Crippen LogP contribution in [0, 0.1) is 5.41 Å². The standard InChI is InChI=1S/C12H16O3/c1-3-12(9-7-10(12)13)8-5-4-6-11(14)15-2/h3-4,6H,1,5,7-9H2,2H3/b6-4+/t12-/m0/s1. The average Bonchev–Trinajstić information content (AvgIpc) is 2.26. The van der Waals surface area contributed by atoms with Crippen LogP contribution in [0.4, 0.5) is 0 Å². The molecule has 15 heavy (non-hydrogen) atoms. The van der Waals surface area contributed by atoms with E-state index in [9.17, 15) is 9.59 Å². The van der Waals surface area contributed by atoms with Crippen molar-refractivity contribution >= 4 is 11.8 Å². The fourth-order valence-electron chi connectivity index (χ4n) is 1.72. The Morgan fingerprint density at radius 2 is 2.40 bits per heavy atom. The van der Waals surface area contributed by atoms with Gasteiger partial charge in [-0.15, -0.1) is 6.58 Å². The number of Topliss-reactive ketones (excluding diaryl/α,β-unsaturated/α-hetero) is 1. The Labute approximate surface area is 89.8 Å². The zero-order chi connectivity index (χ0) is 11.3. The van der Waals surface area contributed by atoms with Gasteiger partial charge in [0.25, 0.3) is 0 Å². The third-order valence-corrected chi connectivity index (χ3v) is 2.96. The van der Waals surface area contributed by atoms with Crippen LogP contribution in [0.2, 0.25) is 0 Å². The highest BCUT2D eigenvalue weighted by Gasteiger charge is 2.42. The van der Waals surface area contributed by atoms with Gasteiger partial charge in [-0.05, 0) is 19.3 Å². The Bertz CT molecular complexity index is 304. The first-order chi connectivity index (χ1) is 7.14. The number of ketones is 1. The van der Waals surface area contributed by atoms with Crippen LogP contribution >= 0.6 is 0 Å². The molecule has 1 atom stereocenters. The van der Waals surface area contributed by atoms with Crippen molar-refractivity contribution in [3.8, 4) is 0 Å². The molecular formula is C12H16O3. The van der Waals surface area contributed by atoms with E-state index in [4.69, 9.17) is 0 Å². The first kappa shape index (κ1) is 11.7. The van der Waals surface area contributed by atoms with Crippen LogP contribution in [-0.2, 0) is 14.3 Å². The summed E-state index contributed by atoms with van der Waals surface area (Å²) in [6, 6.07) is 0. The van der Waals surface area contributed by atoms with Crippen LogP contribution in [0.5, 0.6) is 0 Å². The number of carbonyl (C=O) groups excluding carboxylic acids is 2. The van der Waals surface area contributed by atoms with Crippen molar-refractivity contribution in [3.63, 3.8) is 0 Å². The largest absolute Gasteiger partial charge is 0.466 e. The molecule has 1 fully saturated rings. The molecule has 0 N–H and O–H groups in total. The smallest absolute Gasteiger partial charge is 0.330 e. The molecule has 1 saturated carbocycles. The van der Waals surface area contributed by atoms with Gasteiger partial charge in [0.15, 0.2) is 0 Å². The summed E-state index contributed by atoms with van der Waals surface area (Å²) in [5.41, 5.74) is -0.319. The maximum Gasteiger partial charge on any atom is 0.330 e. The van der Waals surface area contributed by atoms with Crippen molar-refractivity contribution < 1.29 is 14.3 Å². The third kappa shape index (κ3) is 2.55. The average molecular weight is 208 g/mol. The summed E-state index contributed by atoms with van der Waals surface area (Å²) < 4.78 is 4.46. The van der Waals surface area contributed by atoms with Crippen LogP contribution in [0.15, 0.2) is 24.8 Å². The minimum Gasteiger partial charge on any atom is -0.466 e. The number of ether oxygens (including phenoxy) is 1. The molecule has 0 aromatic rings. The fraction of sp³-hybridized carbons (Fsp3) is 0.500. The molecule has 0 unspecified atom stereocenters. The van der Waals surface area contributed by atoms with Crippen molar-refractivity contribution in [2.24, 2.45) is 5.41 Å². The summed E-state index contributed by atoms with van der Waals surface area (Å²) in [6.07, 6.45) is 7.86. The van der Waals surface area contributed by atoms with Crippen molar-refractivity contribution in [1.82, 2.24) is 0 Å². The number of carbonyl (C=O) groups is 2. The highest BCUT2D eigenvalue weighted by Crippen LogP contribution is 2.42. The van der Waals surface area contributed by atoms with Gasteiger partial charge in [0.1, 0.15) is 5.78 Å². The van der Waals surface area contributed by atoms with E-state index >= 15 is 0 Å². The lowest BCUT2D eigenvalue weighted by Crippen LogP contribution is -2.38. The van der Waals surface area contributed by atoms with Crippen LogP contribution in [0.1, 0.15) is 25.7 Å². The molecule has 3 nitrogen and oxygen atoms in total. The van der Waals surface area contributed by atoms with Gasteiger partial charge in [-0.25, -0.2) is 4.79 Å². The minimum atomic E-state index is -0.359. The highest BCUT2D eigenvalue weighted by molar-refractivity contribution is 5.92. The lowest BCUT2D eigenvalue weighted by molar-refractivity contribution is -0.135. The molecular weight excluding hydrogens is 192 g/mol. The van der Waals surface area contributed by atoms with E-state index in [-0.39, 0.29) is 17.2 Å². The number of allylic oxidation sites excluding steroid dienone is 2. The first-order valence-corrected chi connectivity index (χ1v) is 5.06. The normalized spacial score (nSPS) is 25.0. The molecule has 0 radical (unpaired) electrons. The SMILES string of the molecule is C=C[C@]1(CC/C=C/C(=O)OC)CCC1=O. The molecule has 0 amide bonds. The lowest BCUT2D eigenvalue weighted by Gasteiger charge is -2.36. The Kier molecular flexibility index (Phi) is 3.83. The Morgan fingerprint density at radius 3 is 2.80 bits per heavy atom. The predicted molar refractivity (Wildman–Crippen MR) is 57.3 cm³/mol. The van der Waals surface area contributed by atoms with Gasteiger partial charge < -0.3 is 4.74 Å². The van der Waals surface area contributed by atoms with Crippen molar-refractivity contribution in [2.45, 2.75) is 25.7 Å². The number of methoxy groups -OCH3 is 1. The Balaban J connectivity index is 2.36. The van der Waals surface area contributed by atoms with E-state index in [0.29, 0.717) is 12.8 Å². The lowest BCUT2D eigenvalue weighted by atomic mass is 9.65. The molecule has 82 valence electrons. The fourth-order valence-corrected chi connectivity index (χ4v) is 1.72. The second kappa shape index (κ2) is 4.91. The van der Waals surface area contributed by atoms with Gasteiger partial charge in [0.2, 0.25) is 0 Å². The first-order valence-electron chi connectivity index (χ1n) is 5.06. The maximum absolute atomic E-state index is 11.4. The van der Waals surface area contributed by atoms with Crippen LogP contribution < -0.4 is 0 Å². The Hall–Kier alpha value is -1.38. The summed E-state index contributed by atoms with van der Waals surface area (Å²) >= 11 is 0. The van der Waals surface area contributed by atoms with Crippen LogP contribution in [0.25, 0.3) is 0 Å². The van der Waals surface area contributed by atoms with E-state index < -0.39 is 0 Å².